The van der Waals surface area contributed by atoms with Crippen molar-refractivity contribution in [2.24, 2.45) is 5.41 Å². The molecule has 0 bridgehead atoms. The molecule has 1 N–H and O–H groups in total. The molecule has 0 radical (unpaired) electrons. The molecule has 3 nitrogen and oxygen atoms in total. The van der Waals surface area contributed by atoms with Crippen LogP contribution in [0.2, 0.25) is 0 Å². The Bertz CT molecular complexity index is 397. The van der Waals surface area contributed by atoms with Crippen LogP contribution in [0.4, 0.5) is 0 Å². The number of nitrogens with one attached hydrogen (secondary N) is 1. The Morgan fingerprint density at radius 1 is 1.19 bits per heavy atom. The lowest BCUT2D eigenvalue weighted by Crippen LogP contribution is -2.41. The highest BCUT2D eigenvalue weighted by molar-refractivity contribution is 5.75. The highest BCUT2D eigenvalue weighted by atomic mass is 16.5. The normalized spacial score (nSPS) is 18.4. The number of hydrogen-bond acceptors (Lipinski definition) is 3. The van der Waals surface area contributed by atoms with Gasteiger partial charge in [0.05, 0.1) is 0 Å². The molecule has 1 saturated heterocycles. The summed E-state index contributed by atoms with van der Waals surface area (Å²) in [6.07, 6.45) is 3.16. The van der Waals surface area contributed by atoms with Gasteiger partial charge in [-0.25, -0.2) is 0 Å². The van der Waals surface area contributed by atoms with Crippen LogP contribution in [0.15, 0.2) is 30.3 Å². The van der Waals surface area contributed by atoms with E-state index in [-0.39, 0.29) is 12.0 Å². The summed E-state index contributed by atoms with van der Waals surface area (Å²) < 4.78 is 5.27. The van der Waals surface area contributed by atoms with E-state index in [0.29, 0.717) is 12.0 Å². The minimum Gasteiger partial charge on any atom is -0.460 e. The molecule has 21 heavy (non-hydrogen) atoms. The van der Waals surface area contributed by atoms with Crippen molar-refractivity contribution in [1.82, 2.24) is 5.32 Å². The first kappa shape index (κ1) is 17.7. The number of carbonyl (C=O) groups is 1. The van der Waals surface area contributed by atoms with E-state index in [2.05, 4.69) is 33.0 Å². The summed E-state index contributed by atoms with van der Waals surface area (Å²) in [7, 11) is 0. The minimum absolute atomic E-state index is 0.0996. The monoisotopic (exact) mass is 291 g/mol. The first-order valence-electron chi connectivity index (χ1n) is 7.80. The third-order valence-electron chi connectivity index (χ3n) is 2.82. The molecular weight excluding hydrogens is 262 g/mol. The molecule has 0 amide bonds. The lowest BCUT2D eigenvalue weighted by molar-refractivity contribution is -0.148. The Morgan fingerprint density at radius 2 is 1.81 bits per heavy atom. The molecule has 3 heteroatoms. The van der Waals surface area contributed by atoms with Crippen molar-refractivity contribution in [1.29, 1.82) is 0 Å². The van der Waals surface area contributed by atoms with Gasteiger partial charge in [0, 0.05) is 0 Å². The number of hydrogen-bond donors (Lipinski definition) is 1. The SMILES string of the molecule is CC(C)(C)C.O=C(OCc1ccccc1)[C@@H]1CCCCN1. The first-order chi connectivity index (χ1) is 9.86. The highest BCUT2D eigenvalue weighted by Gasteiger charge is 2.21. The van der Waals surface area contributed by atoms with Crippen LogP contribution in [0.5, 0.6) is 0 Å². The van der Waals surface area contributed by atoms with Gasteiger partial charge in [0.1, 0.15) is 12.6 Å². The standard InChI is InChI=1S/C13H17NO2.C5H12/c15-13(12-8-4-5-9-14-12)16-10-11-6-2-1-3-7-11;1-5(2,3)4/h1-3,6-7,12,14H,4-5,8-10H2;1-4H3/t12-;/m0./s1. The summed E-state index contributed by atoms with van der Waals surface area (Å²) in [5.41, 5.74) is 1.53. The Labute approximate surface area is 129 Å². The average molecular weight is 291 g/mol. The first-order valence-corrected chi connectivity index (χ1v) is 7.80. The summed E-state index contributed by atoms with van der Waals surface area (Å²) in [5, 5.41) is 3.18. The van der Waals surface area contributed by atoms with Crippen molar-refractivity contribution in [3.63, 3.8) is 0 Å². The van der Waals surface area contributed by atoms with Gasteiger partial charge < -0.3 is 10.1 Å². The molecule has 0 saturated carbocycles. The van der Waals surface area contributed by atoms with Gasteiger partial charge >= 0.3 is 5.97 Å². The second-order valence-electron chi connectivity index (χ2n) is 7.10. The Balaban J connectivity index is 0.000000383. The largest absolute Gasteiger partial charge is 0.460 e. The van der Waals surface area contributed by atoms with E-state index in [1.165, 1.54) is 0 Å². The molecule has 1 aromatic carbocycles. The smallest absolute Gasteiger partial charge is 0.323 e. The van der Waals surface area contributed by atoms with Crippen LogP contribution in [0, 0.1) is 5.41 Å². The van der Waals surface area contributed by atoms with Gasteiger partial charge in [-0.05, 0) is 30.4 Å². The quantitative estimate of drug-likeness (QED) is 0.858. The number of esters is 1. The maximum atomic E-state index is 11.7. The van der Waals surface area contributed by atoms with Crippen LogP contribution in [0.25, 0.3) is 0 Å². The van der Waals surface area contributed by atoms with E-state index >= 15 is 0 Å². The molecule has 2 rings (SSSR count). The summed E-state index contributed by atoms with van der Waals surface area (Å²) in [6.45, 7) is 10.0. The number of piperidine rings is 1. The van der Waals surface area contributed by atoms with Crippen LogP contribution in [0.3, 0.4) is 0 Å². The van der Waals surface area contributed by atoms with Crippen molar-refractivity contribution >= 4 is 5.97 Å². The number of benzene rings is 1. The summed E-state index contributed by atoms with van der Waals surface area (Å²) in [4.78, 5) is 11.7. The number of rotatable bonds is 3. The van der Waals surface area contributed by atoms with Crippen LogP contribution in [-0.4, -0.2) is 18.6 Å². The zero-order valence-electron chi connectivity index (χ0n) is 13.8. The van der Waals surface area contributed by atoms with Crippen molar-refractivity contribution < 1.29 is 9.53 Å². The molecule has 1 heterocycles. The Kier molecular flexibility index (Phi) is 7.44. The van der Waals surface area contributed by atoms with Gasteiger partial charge in [0.25, 0.3) is 0 Å². The summed E-state index contributed by atoms with van der Waals surface area (Å²) in [5.74, 6) is -0.122. The van der Waals surface area contributed by atoms with Gasteiger partial charge in [-0.1, -0.05) is 64.4 Å². The summed E-state index contributed by atoms with van der Waals surface area (Å²) in [6, 6.07) is 9.67. The second-order valence-corrected chi connectivity index (χ2v) is 7.10. The van der Waals surface area contributed by atoms with E-state index in [4.69, 9.17) is 4.74 Å². The second kappa shape index (κ2) is 8.83. The molecule has 1 fully saturated rings. The molecule has 0 aromatic heterocycles. The van der Waals surface area contributed by atoms with Crippen molar-refractivity contribution in [2.75, 3.05) is 6.54 Å². The van der Waals surface area contributed by atoms with E-state index in [0.717, 1.165) is 31.4 Å². The third-order valence-corrected chi connectivity index (χ3v) is 2.82. The molecule has 1 atom stereocenters. The maximum absolute atomic E-state index is 11.7. The fraction of sp³-hybridized carbons (Fsp3) is 0.611. The lowest BCUT2D eigenvalue weighted by atomic mass is 10.0. The van der Waals surface area contributed by atoms with Gasteiger partial charge in [-0.2, -0.15) is 0 Å². The van der Waals surface area contributed by atoms with Crippen LogP contribution >= 0.6 is 0 Å². The summed E-state index contributed by atoms with van der Waals surface area (Å²) >= 11 is 0. The molecule has 1 aliphatic rings. The van der Waals surface area contributed by atoms with Gasteiger partial charge in [0.15, 0.2) is 0 Å². The maximum Gasteiger partial charge on any atom is 0.323 e. The van der Waals surface area contributed by atoms with Crippen LogP contribution in [-0.2, 0) is 16.1 Å². The average Bonchev–Trinajstić information content (AvgIpc) is 2.45. The van der Waals surface area contributed by atoms with Crippen molar-refractivity contribution in [3.05, 3.63) is 35.9 Å². The number of ether oxygens (including phenoxy) is 1. The molecule has 1 aliphatic heterocycles. The van der Waals surface area contributed by atoms with Crippen LogP contribution in [0.1, 0.15) is 52.5 Å². The zero-order chi connectivity index (χ0) is 15.7. The Morgan fingerprint density at radius 3 is 2.33 bits per heavy atom. The third kappa shape index (κ3) is 9.24. The molecule has 0 spiro atoms. The Hall–Kier alpha value is -1.35. The fourth-order valence-electron chi connectivity index (χ4n) is 1.88. The predicted octanol–water partition coefficient (Wildman–Crippen LogP) is 3.92. The number of carbonyl (C=O) groups excluding carboxylic acids is 1. The topological polar surface area (TPSA) is 38.3 Å². The van der Waals surface area contributed by atoms with Crippen molar-refractivity contribution in [3.8, 4) is 0 Å². The van der Waals surface area contributed by atoms with Gasteiger partial charge in [0.2, 0.25) is 0 Å². The molecule has 1 aromatic rings. The molecule has 0 unspecified atom stereocenters. The van der Waals surface area contributed by atoms with Crippen LogP contribution < -0.4 is 5.32 Å². The fourth-order valence-corrected chi connectivity index (χ4v) is 1.88. The molecule has 0 aliphatic carbocycles. The zero-order valence-corrected chi connectivity index (χ0v) is 13.8. The highest BCUT2D eigenvalue weighted by Crippen LogP contribution is 2.10. The van der Waals surface area contributed by atoms with E-state index < -0.39 is 0 Å². The molecule has 118 valence electrons. The van der Waals surface area contributed by atoms with Crippen molar-refractivity contribution in [2.45, 2.75) is 59.6 Å². The van der Waals surface area contributed by atoms with Gasteiger partial charge in [-0.15, -0.1) is 0 Å². The van der Waals surface area contributed by atoms with E-state index in [1.54, 1.807) is 0 Å². The molecular formula is C18H29NO2. The predicted molar refractivity (Wildman–Crippen MR) is 87.0 cm³/mol. The van der Waals surface area contributed by atoms with Gasteiger partial charge in [-0.3, -0.25) is 4.79 Å². The van der Waals surface area contributed by atoms with E-state index in [9.17, 15) is 4.79 Å². The van der Waals surface area contributed by atoms with E-state index in [1.807, 2.05) is 30.3 Å². The minimum atomic E-state index is -0.122. The lowest BCUT2D eigenvalue weighted by Gasteiger charge is -2.21.